The lowest BCUT2D eigenvalue weighted by atomic mass is 10.1. The Balaban J connectivity index is 1.86. The third kappa shape index (κ3) is 5.29. The Kier molecular flexibility index (Phi) is 7.08. The number of carbonyl (C=O) groups excluding carboxylic acids is 1. The van der Waals surface area contributed by atoms with E-state index in [1.165, 1.54) is 12.3 Å². The lowest BCUT2D eigenvalue weighted by Gasteiger charge is -2.28. The van der Waals surface area contributed by atoms with Crippen LogP contribution in [0, 0.1) is 6.92 Å². The summed E-state index contributed by atoms with van der Waals surface area (Å²) in [5, 5.41) is 0.100. The number of rotatable bonds is 8. The van der Waals surface area contributed by atoms with Crippen LogP contribution in [0.15, 0.2) is 70.2 Å². The molecular weight excluding hydrogens is 438 g/mol. The third-order valence-electron chi connectivity index (χ3n) is 4.99. The van der Waals surface area contributed by atoms with Crippen LogP contribution in [-0.2, 0) is 16.7 Å². The zero-order valence-corrected chi connectivity index (χ0v) is 19.1. The number of nitrogens with zero attached hydrogens (tertiary/aromatic N) is 1. The van der Waals surface area contributed by atoms with E-state index in [1.807, 2.05) is 19.9 Å². The van der Waals surface area contributed by atoms with Crippen molar-refractivity contribution in [3.05, 3.63) is 82.8 Å². The average molecular weight is 462 g/mol. The summed E-state index contributed by atoms with van der Waals surface area (Å²) in [5.74, 6) is 0.167. The van der Waals surface area contributed by atoms with E-state index in [9.17, 15) is 13.2 Å². The largest absolute Gasteiger partial charge is 0.459 e. The van der Waals surface area contributed by atoms with Crippen LogP contribution in [0.1, 0.15) is 41.9 Å². The minimum atomic E-state index is -4.12. The Hall–Kier alpha value is -2.77. The fourth-order valence-electron chi connectivity index (χ4n) is 3.18. The number of amides is 1. The molecule has 0 aliphatic heterocycles. The summed E-state index contributed by atoms with van der Waals surface area (Å²) in [4.78, 5) is 14.5. The normalized spacial score (nSPS) is 12.4. The number of hydrogen-bond acceptors (Lipinski definition) is 5. The molecule has 0 radical (unpaired) electrons. The highest BCUT2D eigenvalue weighted by Crippen LogP contribution is 2.28. The topological polar surface area (TPSA) is 76.8 Å². The summed E-state index contributed by atoms with van der Waals surface area (Å²) in [6.45, 7) is 5.87. The van der Waals surface area contributed by atoms with Gasteiger partial charge in [-0.25, -0.2) is 0 Å². The van der Waals surface area contributed by atoms with E-state index in [-0.39, 0.29) is 39.9 Å². The summed E-state index contributed by atoms with van der Waals surface area (Å²) in [7, 11) is -4.12. The molecule has 164 valence electrons. The van der Waals surface area contributed by atoms with E-state index in [2.05, 4.69) is 0 Å². The van der Waals surface area contributed by atoms with E-state index in [0.29, 0.717) is 5.56 Å². The van der Waals surface area contributed by atoms with Crippen LogP contribution in [0.25, 0.3) is 0 Å². The van der Waals surface area contributed by atoms with Crippen molar-refractivity contribution in [1.82, 2.24) is 4.90 Å². The molecule has 8 heteroatoms. The van der Waals surface area contributed by atoms with Crippen LogP contribution < -0.4 is 4.18 Å². The minimum Gasteiger partial charge on any atom is -0.459 e. The van der Waals surface area contributed by atoms with Crippen molar-refractivity contribution >= 4 is 27.6 Å². The minimum absolute atomic E-state index is 0.0447. The van der Waals surface area contributed by atoms with Crippen molar-refractivity contribution in [2.24, 2.45) is 0 Å². The lowest BCUT2D eigenvalue weighted by molar-refractivity contribution is 0.0638. The number of benzene rings is 2. The highest BCUT2D eigenvalue weighted by molar-refractivity contribution is 7.87. The fraction of sp³-hybridized carbons (Fsp3) is 0.261. The van der Waals surface area contributed by atoms with Gasteiger partial charge in [-0.1, -0.05) is 42.8 Å². The molecule has 3 rings (SSSR count). The molecule has 0 aliphatic carbocycles. The first kappa shape index (κ1) is 22.9. The molecule has 0 fully saturated rings. The first-order valence-electron chi connectivity index (χ1n) is 9.86. The molecule has 0 aliphatic rings. The highest BCUT2D eigenvalue weighted by atomic mass is 35.5. The van der Waals surface area contributed by atoms with Crippen LogP contribution in [0.2, 0.25) is 5.02 Å². The molecule has 3 aromatic rings. The molecule has 0 bridgehead atoms. The van der Waals surface area contributed by atoms with Gasteiger partial charge in [-0.15, -0.1) is 0 Å². The van der Waals surface area contributed by atoms with Gasteiger partial charge in [-0.3, -0.25) is 4.79 Å². The quantitative estimate of drug-likeness (QED) is 0.417. The van der Waals surface area contributed by atoms with Crippen LogP contribution in [0.3, 0.4) is 0 Å². The van der Waals surface area contributed by atoms with Gasteiger partial charge in [0.05, 0.1) is 11.3 Å². The van der Waals surface area contributed by atoms with Crippen LogP contribution in [0.4, 0.5) is 0 Å². The summed E-state index contributed by atoms with van der Waals surface area (Å²) in [5.41, 5.74) is 1.22. The van der Waals surface area contributed by atoms with E-state index >= 15 is 0 Å². The third-order valence-corrected chi connectivity index (χ3v) is 6.87. The van der Waals surface area contributed by atoms with Crippen molar-refractivity contribution in [3.63, 3.8) is 0 Å². The van der Waals surface area contributed by atoms with E-state index < -0.39 is 10.1 Å². The predicted octanol–water partition coefficient (Wildman–Crippen LogP) is 5.45. The first-order valence-corrected chi connectivity index (χ1v) is 11.6. The number of halogens is 1. The monoisotopic (exact) mass is 461 g/mol. The van der Waals surface area contributed by atoms with Gasteiger partial charge in [0, 0.05) is 12.6 Å². The second kappa shape index (κ2) is 9.58. The first-order chi connectivity index (χ1) is 14.7. The maximum atomic E-state index is 12.9. The summed E-state index contributed by atoms with van der Waals surface area (Å²) in [6, 6.07) is 14.7. The molecule has 1 aromatic heterocycles. The second-order valence-electron chi connectivity index (χ2n) is 7.24. The molecular formula is C23H24ClNO5S. The standard InChI is InChI=1S/C23H24ClNO5S/c1-4-17(3)25(23(26)21-12-7-13-29-21)15-18-9-6-10-19(14-18)30-31(27,28)22-16(2)8-5-11-20(22)24/h5-14,17H,4,15H2,1-3H3. The van der Waals surface area contributed by atoms with Crippen molar-refractivity contribution in [1.29, 1.82) is 0 Å². The molecule has 0 saturated heterocycles. The fourth-order valence-corrected chi connectivity index (χ4v) is 4.90. The van der Waals surface area contributed by atoms with E-state index in [4.69, 9.17) is 20.2 Å². The molecule has 1 unspecified atom stereocenters. The van der Waals surface area contributed by atoms with Gasteiger partial charge in [0.15, 0.2) is 5.76 Å². The molecule has 1 amide bonds. The van der Waals surface area contributed by atoms with Crippen molar-refractivity contribution in [3.8, 4) is 5.75 Å². The number of furan rings is 1. The highest BCUT2D eigenvalue weighted by Gasteiger charge is 2.25. The van der Waals surface area contributed by atoms with Gasteiger partial charge < -0.3 is 13.5 Å². The Morgan fingerprint density at radius 2 is 1.90 bits per heavy atom. The molecule has 6 nitrogen and oxygen atoms in total. The molecule has 1 atom stereocenters. The Labute approximate surface area is 187 Å². The predicted molar refractivity (Wildman–Crippen MR) is 119 cm³/mol. The Bertz CT molecular complexity index is 1140. The number of aryl methyl sites for hydroxylation is 1. The van der Waals surface area contributed by atoms with Crippen molar-refractivity contribution in [2.75, 3.05) is 0 Å². The maximum absolute atomic E-state index is 12.9. The van der Waals surface area contributed by atoms with Gasteiger partial charge >= 0.3 is 10.1 Å². The Morgan fingerprint density at radius 1 is 1.16 bits per heavy atom. The number of carbonyl (C=O) groups is 1. The summed E-state index contributed by atoms with van der Waals surface area (Å²) >= 11 is 6.10. The second-order valence-corrected chi connectivity index (χ2v) is 9.13. The SMILES string of the molecule is CCC(C)N(Cc1cccc(OS(=O)(=O)c2c(C)cccc2Cl)c1)C(=O)c1ccco1. The smallest absolute Gasteiger partial charge is 0.340 e. The van der Waals surface area contributed by atoms with Gasteiger partial charge in [-0.2, -0.15) is 8.42 Å². The molecule has 2 aromatic carbocycles. The molecule has 0 spiro atoms. The zero-order valence-electron chi connectivity index (χ0n) is 17.5. The van der Waals surface area contributed by atoms with E-state index in [0.717, 1.165) is 12.0 Å². The van der Waals surface area contributed by atoms with Gasteiger partial charge in [0.2, 0.25) is 0 Å². The van der Waals surface area contributed by atoms with Gasteiger partial charge in [-0.05, 0) is 61.7 Å². The van der Waals surface area contributed by atoms with Gasteiger partial charge in [0.1, 0.15) is 10.6 Å². The van der Waals surface area contributed by atoms with Gasteiger partial charge in [0.25, 0.3) is 5.91 Å². The zero-order chi connectivity index (χ0) is 22.6. The summed E-state index contributed by atoms with van der Waals surface area (Å²) < 4.78 is 36.2. The number of hydrogen-bond donors (Lipinski definition) is 0. The molecule has 0 N–H and O–H groups in total. The van der Waals surface area contributed by atoms with Crippen LogP contribution in [0.5, 0.6) is 5.75 Å². The summed E-state index contributed by atoms with van der Waals surface area (Å²) in [6.07, 6.45) is 2.21. The lowest BCUT2D eigenvalue weighted by Crippen LogP contribution is -2.37. The van der Waals surface area contributed by atoms with Crippen LogP contribution in [-0.4, -0.2) is 25.3 Å². The molecule has 0 saturated carbocycles. The Morgan fingerprint density at radius 3 is 2.55 bits per heavy atom. The van der Waals surface area contributed by atoms with Crippen LogP contribution >= 0.6 is 11.6 Å². The van der Waals surface area contributed by atoms with Crippen molar-refractivity contribution < 1.29 is 21.8 Å². The maximum Gasteiger partial charge on any atom is 0.340 e. The molecule has 1 heterocycles. The van der Waals surface area contributed by atoms with Crippen molar-refractivity contribution in [2.45, 2.75) is 44.7 Å². The molecule has 31 heavy (non-hydrogen) atoms. The average Bonchev–Trinajstić information content (AvgIpc) is 3.25. The van der Waals surface area contributed by atoms with E-state index in [1.54, 1.807) is 54.3 Å².